The number of hydrogen-bond donors (Lipinski definition) is 2. The monoisotopic (exact) mass is 390 g/mol. The van der Waals surface area contributed by atoms with Crippen molar-refractivity contribution in [3.8, 4) is 0 Å². The molecule has 1 aromatic rings. The number of nitrogens with zero attached hydrogens (tertiary/aromatic N) is 1. The highest BCUT2D eigenvalue weighted by molar-refractivity contribution is 7.90. The Morgan fingerprint density at radius 3 is 2.65 bits per heavy atom. The minimum absolute atomic E-state index is 0.0369. The summed E-state index contributed by atoms with van der Waals surface area (Å²) in [5.41, 5.74) is 0.115. The summed E-state index contributed by atoms with van der Waals surface area (Å²) in [6.45, 7) is -0.305. The summed E-state index contributed by atoms with van der Waals surface area (Å²) in [5, 5.41) is 11.9. The first-order valence-electron chi connectivity index (χ1n) is 7.99. The lowest BCUT2D eigenvalue weighted by molar-refractivity contribution is -0.125. The summed E-state index contributed by atoms with van der Waals surface area (Å²) in [7, 11) is -3.41. The normalized spacial score (nSPS) is 21.0. The number of carbonyl (C=O) groups is 2. The standard InChI is InChI=1S/C16H20F2N2O5S/c1-26(24,25)8-7-20(16(22)23)13-6-5-10(9-19-15(13)21)11-3-2-4-12(17)14(11)18/h2-4,10,13H,5-9H2,1H3,(H,19,21)(H,22,23)/t10-,13-/m1/s1. The molecule has 0 radical (unpaired) electrons. The number of hydrogen-bond acceptors (Lipinski definition) is 4. The van der Waals surface area contributed by atoms with E-state index in [0.717, 1.165) is 17.2 Å². The van der Waals surface area contributed by atoms with Gasteiger partial charge in [0, 0.05) is 25.3 Å². The third-order valence-electron chi connectivity index (χ3n) is 4.36. The lowest BCUT2D eigenvalue weighted by atomic mass is 9.93. The number of halogens is 2. The van der Waals surface area contributed by atoms with Gasteiger partial charge in [0.2, 0.25) is 5.91 Å². The Labute approximate surface area is 149 Å². The van der Waals surface area contributed by atoms with Gasteiger partial charge >= 0.3 is 6.09 Å². The fourth-order valence-corrected chi connectivity index (χ4v) is 3.51. The van der Waals surface area contributed by atoms with Crippen LogP contribution in [0.2, 0.25) is 0 Å². The summed E-state index contributed by atoms with van der Waals surface area (Å²) in [4.78, 5) is 24.5. The molecule has 0 aromatic heterocycles. The Bertz CT molecular complexity index is 800. The maximum absolute atomic E-state index is 14.0. The Balaban J connectivity index is 2.18. The third kappa shape index (κ3) is 4.90. The predicted octanol–water partition coefficient (Wildman–Crippen LogP) is 1.35. The SMILES string of the molecule is CS(=O)(=O)CCN(C(=O)O)[C@@H]1CC[C@@H](c2cccc(F)c2F)CNC1=O. The number of amides is 2. The first kappa shape index (κ1) is 20.1. The average molecular weight is 390 g/mol. The summed E-state index contributed by atoms with van der Waals surface area (Å²) < 4.78 is 50.0. The van der Waals surface area contributed by atoms with E-state index in [2.05, 4.69) is 5.32 Å². The van der Waals surface area contributed by atoms with Gasteiger partial charge in [0.15, 0.2) is 11.6 Å². The van der Waals surface area contributed by atoms with Gasteiger partial charge in [-0.2, -0.15) is 0 Å². The Hall–Kier alpha value is -2.23. The van der Waals surface area contributed by atoms with Crippen LogP contribution in [0.5, 0.6) is 0 Å². The smallest absolute Gasteiger partial charge is 0.408 e. The first-order valence-corrected chi connectivity index (χ1v) is 10.0. The van der Waals surface area contributed by atoms with Crippen LogP contribution in [0.25, 0.3) is 0 Å². The molecular weight excluding hydrogens is 370 g/mol. The van der Waals surface area contributed by atoms with Crippen LogP contribution < -0.4 is 5.32 Å². The van der Waals surface area contributed by atoms with Gasteiger partial charge in [-0.3, -0.25) is 9.69 Å². The van der Waals surface area contributed by atoms with E-state index in [1.54, 1.807) is 0 Å². The number of nitrogens with one attached hydrogen (secondary N) is 1. The Kier molecular flexibility index (Phi) is 6.17. The van der Waals surface area contributed by atoms with E-state index >= 15 is 0 Å². The number of carboxylic acid groups (broad SMARTS) is 1. The van der Waals surface area contributed by atoms with Crippen molar-refractivity contribution in [2.24, 2.45) is 0 Å². The van der Waals surface area contributed by atoms with Crippen molar-refractivity contribution in [2.45, 2.75) is 24.8 Å². The predicted molar refractivity (Wildman–Crippen MR) is 89.6 cm³/mol. The van der Waals surface area contributed by atoms with E-state index in [-0.39, 0.29) is 31.5 Å². The number of benzene rings is 1. The zero-order chi connectivity index (χ0) is 19.5. The molecule has 2 N–H and O–H groups in total. The molecule has 2 rings (SSSR count). The van der Waals surface area contributed by atoms with Crippen LogP contribution >= 0.6 is 0 Å². The molecule has 1 aliphatic rings. The van der Waals surface area contributed by atoms with Crippen molar-refractivity contribution in [3.05, 3.63) is 35.4 Å². The third-order valence-corrected chi connectivity index (χ3v) is 5.28. The van der Waals surface area contributed by atoms with Crippen LogP contribution in [0.4, 0.5) is 13.6 Å². The summed E-state index contributed by atoms with van der Waals surface area (Å²) >= 11 is 0. The molecule has 26 heavy (non-hydrogen) atoms. The number of carbonyl (C=O) groups excluding carboxylic acids is 1. The summed E-state index contributed by atoms with van der Waals surface area (Å²) in [6, 6.07) is 2.70. The molecular formula is C16H20F2N2O5S. The van der Waals surface area contributed by atoms with Crippen molar-refractivity contribution in [1.29, 1.82) is 0 Å². The molecule has 10 heteroatoms. The Morgan fingerprint density at radius 2 is 2.04 bits per heavy atom. The quantitative estimate of drug-likeness (QED) is 0.790. The molecule has 0 unspecified atom stereocenters. The van der Waals surface area contributed by atoms with Crippen LogP contribution in [0.3, 0.4) is 0 Å². The fourth-order valence-electron chi connectivity index (χ4n) is 2.98. The molecule has 1 aromatic carbocycles. The van der Waals surface area contributed by atoms with Crippen molar-refractivity contribution in [3.63, 3.8) is 0 Å². The van der Waals surface area contributed by atoms with Gasteiger partial charge < -0.3 is 10.4 Å². The van der Waals surface area contributed by atoms with E-state index in [1.807, 2.05) is 0 Å². The van der Waals surface area contributed by atoms with E-state index in [4.69, 9.17) is 0 Å². The Morgan fingerprint density at radius 1 is 1.35 bits per heavy atom. The zero-order valence-corrected chi connectivity index (χ0v) is 14.9. The van der Waals surface area contributed by atoms with Crippen molar-refractivity contribution in [1.82, 2.24) is 10.2 Å². The first-order chi connectivity index (χ1) is 12.1. The fraction of sp³-hybridized carbons (Fsp3) is 0.500. The molecule has 1 aliphatic heterocycles. The molecule has 1 fully saturated rings. The molecule has 7 nitrogen and oxygen atoms in total. The van der Waals surface area contributed by atoms with E-state index in [1.165, 1.54) is 12.1 Å². The molecule has 0 aliphatic carbocycles. The van der Waals surface area contributed by atoms with Crippen LogP contribution in [0, 0.1) is 11.6 Å². The largest absolute Gasteiger partial charge is 0.465 e. The molecule has 0 bridgehead atoms. The summed E-state index contributed by atoms with van der Waals surface area (Å²) in [6.07, 6.45) is -0.123. The molecule has 0 saturated carbocycles. The molecule has 144 valence electrons. The van der Waals surface area contributed by atoms with Gasteiger partial charge in [-0.25, -0.2) is 22.0 Å². The molecule has 2 amide bonds. The van der Waals surface area contributed by atoms with Crippen LogP contribution in [-0.2, 0) is 14.6 Å². The van der Waals surface area contributed by atoms with E-state index in [9.17, 15) is 31.9 Å². The van der Waals surface area contributed by atoms with Crippen LogP contribution in [0.15, 0.2) is 18.2 Å². The number of rotatable bonds is 5. The summed E-state index contributed by atoms with van der Waals surface area (Å²) in [5.74, 6) is -3.48. The molecule has 2 atom stereocenters. The highest BCUT2D eigenvalue weighted by Crippen LogP contribution is 2.28. The van der Waals surface area contributed by atoms with Gasteiger partial charge in [0.25, 0.3) is 0 Å². The van der Waals surface area contributed by atoms with Crippen LogP contribution in [-0.4, -0.2) is 61.6 Å². The molecule has 1 saturated heterocycles. The van der Waals surface area contributed by atoms with E-state index < -0.39 is 51.2 Å². The van der Waals surface area contributed by atoms with Gasteiger partial charge in [-0.1, -0.05) is 12.1 Å². The number of sulfone groups is 1. The highest BCUT2D eigenvalue weighted by Gasteiger charge is 2.34. The second-order valence-electron chi connectivity index (χ2n) is 6.28. The van der Waals surface area contributed by atoms with Gasteiger partial charge in [0.05, 0.1) is 5.75 Å². The van der Waals surface area contributed by atoms with Crippen molar-refractivity contribution < 1.29 is 31.9 Å². The average Bonchev–Trinajstić information content (AvgIpc) is 2.72. The minimum atomic E-state index is -3.41. The molecule has 1 heterocycles. The molecule has 0 spiro atoms. The maximum Gasteiger partial charge on any atom is 0.408 e. The topological polar surface area (TPSA) is 104 Å². The highest BCUT2D eigenvalue weighted by atomic mass is 32.2. The van der Waals surface area contributed by atoms with Gasteiger partial charge in [-0.05, 0) is 24.5 Å². The second kappa shape index (κ2) is 7.98. The van der Waals surface area contributed by atoms with Gasteiger partial charge in [0.1, 0.15) is 15.9 Å². The van der Waals surface area contributed by atoms with Crippen molar-refractivity contribution >= 4 is 21.8 Å². The van der Waals surface area contributed by atoms with Crippen LogP contribution in [0.1, 0.15) is 24.3 Å². The van der Waals surface area contributed by atoms with E-state index in [0.29, 0.717) is 0 Å². The van der Waals surface area contributed by atoms with Crippen molar-refractivity contribution in [2.75, 3.05) is 25.1 Å². The zero-order valence-electron chi connectivity index (χ0n) is 14.1. The maximum atomic E-state index is 14.0. The van der Waals surface area contributed by atoms with Gasteiger partial charge in [-0.15, -0.1) is 0 Å². The second-order valence-corrected chi connectivity index (χ2v) is 8.54. The lowest BCUT2D eigenvalue weighted by Crippen LogP contribution is -2.49. The lowest BCUT2D eigenvalue weighted by Gasteiger charge is -2.26. The minimum Gasteiger partial charge on any atom is -0.465 e.